The number of piperazine rings is 1. The maximum atomic E-state index is 13.8. The van der Waals surface area contributed by atoms with Crippen molar-refractivity contribution in [1.29, 1.82) is 0 Å². The highest BCUT2D eigenvalue weighted by Crippen LogP contribution is 2.32. The molecule has 0 spiro atoms. The average molecular weight is 409 g/mol. The zero-order valence-electron chi connectivity index (χ0n) is 17.0. The van der Waals surface area contributed by atoms with Crippen molar-refractivity contribution < 1.29 is 18.3 Å². The summed E-state index contributed by atoms with van der Waals surface area (Å²) in [6, 6.07) is 13.2. The number of nitrogens with one attached hydrogen (secondary N) is 1. The van der Waals surface area contributed by atoms with Gasteiger partial charge in [-0.15, -0.1) is 0 Å². The number of aromatic nitrogens is 1. The van der Waals surface area contributed by atoms with E-state index in [9.17, 15) is 9.18 Å². The summed E-state index contributed by atoms with van der Waals surface area (Å²) in [5.74, 6) is 1.37. The Kier molecular flexibility index (Phi) is 5.81. The molecule has 3 aromatic rings. The molecule has 1 aliphatic heterocycles. The van der Waals surface area contributed by atoms with E-state index in [1.54, 1.807) is 12.1 Å². The van der Waals surface area contributed by atoms with Gasteiger partial charge < -0.3 is 14.5 Å². The molecule has 1 N–H and O–H groups in total. The lowest BCUT2D eigenvalue weighted by Crippen LogP contribution is -2.49. The van der Waals surface area contributed by atoms with Gasteiger partial charge in [-0.1, -0.05) is 24.3 Å². The van der Waals surface area contributed by atoms with Crippen molar-refractivity contribution >= 4 is 5.91 Å². The number of carbonyl (C=O) groups is 1. The van der Waals surface area contributed by atoms with E-state index in [1.165, 1.54) is 12.1 Å². The first-order chi connectivity index (χ1) is 14.6. The summed E-state index contributed by atoms with van der Waals surface area (Å²) in [5, 5.41) is 2.87. The molecule has 1 atom stereocenters. The molecule has 30 heavy (non-hydrogen) atoms. The van der Waals surface area contributed by atoms with Crippen LogP contribution in [0.3, 0.4) is 0 Å². The van der Waals surface area contributed by atoms with E-state index >= 15 is 0 Å². The Bertz CT molecular complexity index is 1050. The normalized spacial score (nSPS) is 17.0. The Labute approximate surface area is 174 Å². The molecule has 1 aromatic heterocycles. The summed E-state index contributed by atoms with van der Waals surface area (Å²) in [6.45, 7) is 5.90. The first kappa shape index (κ1) is 20.1. The molecule has 4 rings (SSSR count). The predicted molar refractivity (Wildman–Crippen MR) is 110 cm³/mol. The Morgan fingerprint density at radius 3 is 2.90 bits per heavy atom. The summed E-state index contributed by atoms with van der Waals surface area (Å²) in [4.78, 5) is 19.3. The minimum atomic E-state index is -0.579. The standard InChI is InChI=1S/C23H24FN3O3/c1-3-29-20-10-5-4-9-18(20)23-26-19(15(2)30-23)14-27-12-11-25-22(28)21(27)16-7-6-8-17(24)13-16/h4-10,13,21H,3,11-12,14H2,1-2H3,(H,25,28)/t21-/m0/s1. The van der Waals surface area contributed by atoms with Crippen LogP contribution < -0.4 is 10.1 Å². The van der Waals surface area contributed by atoms with Crippen LogP contribution in [-0.4, -0.2) is 35.5 Å². The quantitative estimate of drug-likeness (QED) is 0.670. The van der Waals surface area contributed by atoms with Gasteiger partial charge in [-0.25, -0.2) is 9.37 Å². The van der Waals surface area contributed by atoms with E-state index in [2.05, 4.69) is 5.32 Å². The molecule has 1 saturated heterocycles. The fraction of sp³-hybridized carbons (Fsp3) is 0.304. The number of carbonyl (C=O) groups excluding carboxylic acids is 1. The van der Waals surface area contributed by atoms with Gasteiger partial charge in [0, 0.05) is 19.6 Å². The first-order valence-electron chi connectivity index (χ1n) is 10.0. The molecule has 0 radical (unpaired) electrons. The summed E-state index contributed by atoms with van der Waals surface area (Å²) >= 11 is 0. The molecular weight excluding hydrogens is 385 g/mol. The van der Waals surface area contributed by atoms with E-state index in [0.29, 0.717) is 49.2 Å². The van der Waals surface area contributed by atoms with Gasteiger partial charge in [-0.3, -0.25) is 9.69 Å². The molecule has 2 heterocycles. The van der Waals surface area contributed by atoms with Gasteiger partial charge in [0.25, 0.3) is 0 Å². The molecule has 1 fully saturated rings. The van der Waals surface area contributed by atoms with Crippen LogP contribution in [0, 0.1) is 12.7 Å². The average Bonchev–Trinajstić information content (AvgIpc) is 3.09. The van der Waals surface area contributed by atoms with Crippen molar-refractivity contribution in [3.8, 4) is 17.2 Å². The number of ether oxygens (including phenoxy) is 1. The third-order valence-corrected chi connectivity index (χ3v) is 5.14. The Balaban J connectivity index is 1.63. The van der Waals surface area contributed by atoms with Gasteiger partial charge in [0.2, 0.25) is 11.8 Å². The number of benzene rings is 2. The van der Waals surface area contributed by atoms with Gasteiger partial charge >= 0.3 is 0 Å². The van der Waals surface area contributed by atoms with Crippen molar-refractivity contribution in [2.45, 2.75) is 26.4 Å². The first-order valence-corrected chi connectivity index (χ1v) is 10.0. The Morgan fingerprint density at radius 1 is 1.27 bits per heavy atom. The van der Waals surface area contributed by atoms with E-state index in [0.717, 1.165) is 11.3 Å². The van der Waals surface area contributed by atoms with Crippen LogP contribution in [0.5, 0.6) is 5.75 Å². The maximum Gasteiger partial charge on any atom is 0.242 e. The van der Waals surface area contributed by atoms with Gasteiger partial charge in [-0.2, -0.15) is 0 Å². The Hall–Kier alpha value is -3.19. The lowest BCUT2D eigenvalue weighted by Gasteiger charge is -2.34. The van der Waals surface area contributed by atoms with Gasteiger partial charge in [0.1, 0.15) is 23.4 Å². The van der Waals surface area contributed by atoms with E-state index in [-0.39, 0.29) is 11.7 Å². The van der Waals surface area contributed by atoms with Crippen molar-refractivity contribution in [1.82, 2.24) is 15.2 Å². The van der Waals surface area contributed by atoms with Crippen LogP contribution >= 0.6 is 0 Å². The molecule has 1 amide bonds. The second-order valence-electron chi connectivity index (χ2n) is 7.17. The molecule has 156 valence electrons. The maximum absolute atomic E-state index is 13.8. The summed E-state index contributed by atoms with van der Waals surface area (Å²) in [5.41, 5.74) is 2.15. The molecule has 0 unspecified atom stereocenters. The van der Waals surface area contributed by atoms with E-state index in [1.807, 2.05) is 43.0 Å². The molecule has 1 aliphatic rings. The number of oxazole rings is 1. The zero-order chi connectivity index (χ0) is 21.1. The van der Waals surface area contributed by atoms with Crippen LogP contribution in [0.25, 0.3) is 11.5 Å². The topological polar surface area (TPSA) is 67.6 Å². The smallest absolute Gasteiger partial charge is 0.242 e. The van der Waals surface area contributed by atoms with Gasteiger partial charge in [0.15, 0.2) is 0 Å². The molecule has 7 heteroatoms. The SMILES string of the molecule is CCOc1ccccc1-c1nc(CN2CCNC(=O)[C@@H]2c2cccc(F)c2)c(C)o1. The minimum Gasteiger partial charge on any atom is -0.493 e. The third-order valence-electron chi connectivity index (χ3n) is 5.14. The second-order valence-corrected chi connectivity index (χ2v) is 7.17. The van der Waals surface area contributed by atoms with Crippen molar-refractivity contribution in [2.24, 2.45) is 0 Å². The predicted octanol–water partition coefficient (Wildman–Crippen LogP) is 3.86. The Morgan fingerprint density at radius 2 is 2.10 bits per heavy atom. The molecule has 2 aromatic carbocycles. The lowest BCUT2D eigenvalue weighted by atomic mass is 10.0. The van der Waals surface area contributed by atoms with Gasteiger partial charge in [-0.05, 0) is 43.7 Å². The lowest BCUT2D eigenvalue weighted by molar-refractivity contribution is -0.129. The van der Waals surface area contributed by atoms with Crippen LogP contribution in [0.2, 0.25) is 0 Å². The zero-order valence-corrected chi connectivity index (χ0v) is 17.0. The van der Waals surface area contributed by atoms with Crippen LogP contribution in [-0.2, 0) is 11.3 Å². The van der Waals surface area contributed by atoms with Gasteiger partial charge in [0.05, 0.1) is 17.9 Å². The highest BCUT2D eigenvalue weighted by molar-refractivity contribution is 5.83. The van der Waals surface area contributed by atoms with Crippen molar-refractivity contribution in [3.05, 3.63) is 71.4 Å². The molecular formula is C23H24FN3O3. The molecule has 0 bridgehead atoms. The van der Waals surface area contributed by atoms with E-state index < -0.39 is 6.04 Å². The van der Waals surface area contributed by atoms with Crippen LogP contribution in [0.4, 0.5) is 4.39 Å². The van der Waals surface area contributed by atoms with Crippen LogP contribution in [0.15, 0.2) is 52.9 Å². The number of para-hydroxylation sites is 1. The fourth-order valence-electron chi connectivity index (χ4n) is 3.73. The molecule has 0 saturated carbocycles. The second kappa shape index (κ2) is 8.67. The summed E-state index contributed by atoms with van der Waals surface area (Å²) in [7, 11) is 0. The van der Waals surface area contributed by atoms with Crippen molar-refractivity contribution in [2.75, 3.05) is 19.7 Å². The fourth-order valence-corrected chi connectivity index (χ4v) is 3.73. The number of aryl methyl sites for hydroxylation is 1. The monoisotopic (exact) mass is 409 g/mol. The largest absolute Gasteiger partial charge is 0.493 e. The highest BCUT2D eigenvalue weighted by Gasteiger charge is 2.32. The number of rotatable bonds is 6. The molecule has 0 aliphatic carbocycles. The van der Waals surface area contributed by atoms with Crippen molar-refractivity contribution in [3.63, 3.8) is 0 Å². The number of nitrogens with zero attached hydrogens (tertiary/aromatic N) is 2. The number of halogens is 1. The molecule has 6 nitrogen and oxygen atoms in total. The minimum absolute atomic E-state index is 0.144. The summed E-state index contributed by atoms with van der Waals surface area (Å²) in [6.07, 6.45) is 0. The highest BCUT2D eigenvalue weighted by atomic mass is 19.1. The van der Waals surface area contributed by atoms with Crippen LogP contribution in [0.1, 0.15) is 30.0 Å². The third kappa shape index (κ3) is 4.07. The summed E-state index contributed by atoms with van der Waals surface area (Å²) < 4.78 is 25.4. The number of hydrogen-bond donors (Lipinski definition) is 1. The number of hydrogen-bond acceptors (Lipinski definition) is 5. The number of amides is 1. The van der Waals surface area contributed by atoms with E-state index in [4.69, 9.17) is 14.1 Å².